The molecule has 4 nitrogen and oxygen atoms in total. The molecule has 0 spiro atoms. The molecule has 0 aliphatic carbocycles. The molecule has 1 N–H and O–H groups in total. The molecule has 5 rings (SSSR count). The highest BCUT2D eigenvalue weighted by Gasteiger charge is 2.48. The Bertz CT molecular complexity index is 1380. The predicted octanol–water partition coefficient (Wildman–Crippen LogP) is 7.58. The van der Waals surface area contributed by atoms with E-state index in [1.165, 1.54) is 0 Å². The predicted molar refractivity (Wildman–Crippen MR) is 155 cm³/mol. The zero-order valence-electron chi connectivity index (χ0n) is 22.5. The van der Waals surface area contributed by atoms with Gasteiger partial charge in [0.15, 0.2) is 12.2 Å². The molecule has 1 fully saturated rings. The Balaban J connectivity index is 1.50. The first-order valence-electron chi connectivity index (χ1n) is 13.6. The lowest BCUT2D eigenvalue weighted by Crippen LogP contribution is -2.43. The number of aliphatic hydroxyl groups excluding tert-OH is 1. The van der Waals surface area contributed by atoms with Crippen molar-refractivity contribution in [2.75, 3.05) is 6.61 Å². The second kappa shape index (κ2) is 11.2. The van der Waals surface area contributed by atoms with Crippen LogP contribution in [0.5, 0.6) is 11.5 Å². The third kappa shape index (κ3) is 5.57. The molecular formula is C34H38O4. The molecule has 4 aromatic carbocycles. The first-order chi connectivity index (χ1) is 18.4. The van der Waals surface area contributed by atoms with E-state index >= 15 is 0 Å². The minimum Gasteiger partial charge on any atom is -0.483 e. The van der Waals surface area contributed by atoms with Crippen LogP contribution in [0, 0.1) is 11.3 Å². The second-order valence-electron chi connectivity index (χ2n) is 11.3. The summed E-state index contributed by atoms with van der Waals surface area (Å²) >= 11 is 0. The topological polar surface area (TPSA) is 47.9 Å². The van der Waals surface area contributed by atoms with Crippen molar-refractivity contribution in [2.24, 2.45) is 11.3 Å². The Morgan fingerprint density at radius 2 is 1.32 bits per heavy atom. The van der Waals surface area contributed by atoms with Gasteiger partial charge in [0.2, 0.25) is 0 Å². The van der Waals surface area contributed by atoms with E-state index in [2.05, 4.69) is 63.7 Å². The Kier molecular flexibility index (Phi) is 7.73. The van der Waals surface area contributed by atoms with Crippen LogP contribution in [0.2, 0.25) is 0 Å². The minimum atomic E-state index is -0.501. The van der Waals surface area contributed by atoms with Crippen LogP contribution in [0.3, 0.4) is 0 Å². The van der Waals surface area contributed by atoms with Crippen molar-refractivity contribution >= 4 is 21.5 Å². The summed E-state index contributed by atoms with van der Waals surface area (Å²) in [4.78, 5) is 0. The number of rotatable bonds is 10. The van der Waals surface area contributed by atoms with Gasteiger partial charge in [-0.05, 0) is 47.1 Å². The molecule has 0 amide bonds. The first kappa shape index (κ1) is 26.3. The molecule has 0 bridgehead atoms. The third-order valence-corrected chi connectivity index (χ3v) is 7.67. The zero-order chi connectivity index (χ0) is 26.7. The van der Waals surface area contributed by atoms with Crippen molar-refractivity contribution in [1.29, 1.82) is 0 Å². The second-order valence-corrected chi connectivity index (χ2v) is 11.3. The van der Waals surface area contributed by atoms with Crippen LogP contribution in [0.25, 0.3) is 21.5 Å². The van der Waals surface area contributed by atoms with Crippen molar-refractivity contribution < 1.29 is 19.3 Å². The fourth-order valence-corrected chi connectivity index (χ4v) is 5.78. The minimum absolute atomic E-state index is 0.0270. The highest BCUT2D eigenvalue weighted by atomic mass is 16.6. The molecule has 1 aliphatic rings. The SMILES string of the molecule is C=CC(C)(C)CC(C)CC1OC(CO)C(Oc2cccc3ccccc23)C1Oc1cccc2ccccc12. The summed E-state index contributed by atoms with van der Waals surface area (Å²) in [5.74, 6) is 1.93. The standard InChI is InChI=1S/C34H38O4/c1-5-34(3,4)21-23(2)20-30-32(37-28-18-10-14-24-12-6-8-16-26(24)28)33(31(22-35)36-30)38-29-19-11-15-25-13-7-9-17-27(25)29/h5-19,23,30-33,35H,1,20-22H2,2-4H3. The van der Waals surface area contributed by atoms with Gasteiger partial charge in [0.1, 0.15) is 17.6 Å². The molecule has 5 unspecified atom stereocenters. The van der Waals surface area contributed by atoms with Crippen LogP contribution in [-0.4, -0.2) is 36.1 Å². The number of ether oxygens (including phenoxy) is 3. The number of hydrogen-bond donors (Lipinski definition) is 1. The van der Waals surface area contributed by atoms with Crippen LogP contribution in [0.1, 0.15) is 33.6 Å². The summed E-state index contributed by atoms with van der Waals surface area (Å²) in [5.41, 5.74) is 0.0270. The lowest BCUT2D eigenvalue weighted by Gasteiger charge is -2.29. The van der Waals surface area contributed by atoms with E-state index in [1.54, 1.807) is 0 Å². The number of allylic oxidation sites excluding steroid dienone is 1. The van der Waals surface area contributed by atoms with Gasteiger partial charge in [0, 0.05) is 10.8 Å². The summed E-state index contributed by atoms with van der Waals surface area (Å²) in [6.45, 7) is 10.5. The quantitative estimate of drug-likeness (QED) is 0.224. The number of benzene rings is 4. The fraction of sp³-hybridized carbons (Fsp3) is 0.353. The van der Waals surface area contributed by atoms with E-state index in [-0.39, 0.29) is 18.1 Å². The summed E-state index contributed by atoms with van der Waals surface area (Å²) in [6.07, 6.45) is 2.18. The van der Waals surface area contributed by atoms with Crippen molar-refractivity contribution in [1.82, 2.24) is 0 Å². The maximum absolute atomic E-state index is 10.4. The van der Waals surface area contributed by atoms with Crippen LogP contribution in [0.4, 0.5) is 0 Å². The lowest BCUT2D eigenvalue weighted by atomic mass is 9.81. The normalized spacial score (nSPS) is 22.4. The van der Waals surface area contributed by atoms with E-state index in [4.69, 9.17) is 14.2 Å². The molecule has 0 aromatic heterocycles. The number of hydrogen-bond acceptors (Lipinski definition) is 4. The van der Waals surface area contributed by atoms with E-state index in [9.17, 15) is 5.11 Å². The van der Waals surface area contributed by atoms with E-state index in [0.717, 1.165) is 45.9 Å². The smallest absolute Gasteiger partial charge is 0.166 e. The van der Waals surface area contributed by atoms with Gasteiger partial charge >= 0.3 is 0 Å². The van der Waals surface area contributed by atoms with E-state index in [0.29, 0.717) is 5.92 Å². The molecule has 1 aliphatic heterocycles. The van der Waals surface area contributed by atoms with Crippen LogP contribution >= 0.6 is 0 Å². The van der Waals surface area contributed by atoms with Crippen LogP contribution in [0.15, 0.2) is 97.6 Å². The number of fused-ring (bicyclic) bond motifs is 2. The largest absolute Gasteiger partial charge is 0.483 e. The monoisotopic (exact) mass is 510 g/mol. The number of aliphatic hydroxyl groups is 1. The van der Waals surface area contributed by atoms with E-state index in [1.807, 2.05) is 54.6 Å². The Morgan fingerprint density at radius 1 is 0.816 bits per heavy atom. The van der Waals surface area contributed by atoms with Crippen molar-refractivity contribution in [3.8, 4) is 11.5 Å². The molecule has 5 atom stereocenters. The molecule has 38 heavy (non-hydrogen) atoms. The summed E-state index contributed by atoms with van der Waals surface area (Å²) < 4.78 is 20.0. The molecule has 1 saturated heterocycles. The fourth-order valence-electron chi connectivity index (χ4n) is 5.78. The zero-order valence-corrected chi connectivity index (χ0v) is 22.5. The van der Waals surface area contributed by atoms with Crippen molar-refractivity contribution in [3.63, 3.8) is 0 Å². The Labute approximate surface area is 225 Å². The van der Waals surface area contributed by atoms with E-state index < -0.39 is 18.3 Å². The summed E-state index contributed by atoms with van der Waals surface area (Å²) in [7, 11) is 0. The van der Waals surface area contributed by atoms with Gasteiger partial charge in [-0.3, -0.25) is 0 Å². The highest BCUT2D eigenvalue weighted by molar-refractivity contribution is 5.89. The maximum Gasteiger partial charge on any atom is 0.166 e. The average molecular weight is 511 g/mol. The van der Waals surface area contributed by atoms with Crippen molar-refractivity contribution in [2.45, 2.75) is 58.0 Å². The molecule has 1 heterocycles. The molecule has 4 aromatic rings. The van der Waals surface area contributed by atoms with Gasteiger partial charge in [-0.25, -0.2) is 0 Å². The molecule has 4 heteroatoms. The third-order valence-electron chi connectivity index (χ3n) is 7.67. The van der Waals surface area contributed by atoms with Crippen LogP contribution < -0.4 is 9.47 Å². The van der Waals surface area contributed by atoms with Gasteiger partial charge in [-0.15, -0.1) is 6.58 Å². The Hall–Kier alpha value is -3.34. The Morgan fingerprint density at radius 3 is 1.84 bits per heavy atom. The maximum atomic E-state index is 10.4. The first-order valence-corrected chi connectivity index (χ1v) is 13.6. The molecule has 0 radical (unpaired) electrons. The van der Waals surface area contributed by atoms with Crippen LogP contribution in [-0.2, 0) is 4.74 Å². The highest BCUT2D eigenvalue weighted by Crippen LogP contribution is 2.38. The molecule has 0 saturated carbocycles. The summed E-state index contributed by atoms with van der Waals surface area (Å²) in [5, 5.41) is 14.7. The lowest BCUT2D eigenvalue weighted by molar-refractivity contribution is -0.0252. The van der Waals surface area contributed by atoms with Gasteiger partial charge < -0.3 is 19.3 Å². The van der Waals surface area contributed by atoms with Gasteiger partial charge in [0.05, 0.1) is 12.7 Å². The van der Waals surface area contributed by atoms with Crippen molar-refractivity contribution in [3.05, 3.63) is 97.6 Å². The average Bonchev–Trinajstić information content (AvgIpc) is 3.24. The summed E-state index contributed by atoms with van der Waals surface area (Å²) in [6, 6.07) is 28.6. The molecule has 198 valence electrons. The van der Waals surface area contributed by atoms with Gasteiger partial charge in [-0.1, -0.05) is 99.6 Å². The van der Waals surface area contributed by atoms with Gasteiger partial charge in [-0.2, -0.15) is 0 Å². The molecular weight excluding hydrogens is 472 g/mol. The van der Waals surface area contributed by atoms with Gasteiger partial charge in [0.25, 0.3) is 0 Å².